The quantitative estimate of drug-likeness (QED) is 0.638. The third kappa shape index (κ3) is 3.74. The molecule has 80 valence electrons. The fraction of sp³-hybridized carbons (Fsp3) is 0.222. The molecule has 1 atom stereocenters. The molecule has 4 N–H and O–H groups in total. The number of nitrogens with two attached hydrogens (primary N) is 1. The van der Waals surface area contributed by atoms with Crippen molar-refractivity contribution in [3.63, 3.8) is 0 Å². The number of aliphatic carboxylic acids is 1. The number of rotatable bonds is 4. The molecule has 0 fully saturated rings. The summed E-state index contributed by atoms with van der Waals surface area (Å²) in [5, 5.41) is 10.9. The van der Waals surface area contributed by atoms with Gasteiger partial charge in [0.25, 0.3) is 0 Å². The molecule has 6 heteroatoms. The summed E-state index contributed by atoms with van der Waals surface area (Å²) in [7, 11) is 0. The maximum absolute atomic E-state index is 11.3. The number of carboxylic acids is 1. The van der Waals surface area contributed by atoms with Gasteiger partial charge in [0.15, 0.2) is 0 Å². The first kappa shape index (κ1) is 11.1. The number of aromatic nitrogens is 1. The van der Waals surface area contributed by atoms with Crippen molar-refractivity contribution in [3.8, 4) is 0 Å². The zero-order valence-electron chi connectivity index (χ0n) is 7.88. The van der Waals surface area contributed by atoms with Gasteiger partial charge in [-0.2, -0.15) is 0 Å². The summed E-state index contributed by atoms with van der Waals surface area (Å²) in [5.41, 5.74) is 5.90. The number of pyridine rings is 1. The van der Waals surface area contributed by atoms with E-state index < -0.39 is 24.3 Å². The molecule has 0 radical (unpaired) electrons. The average molecular weight is 209 g/mol. The minimum Gasteiger partial charge on any atom is -0.481 e. The van der Waals surface area contributed by atoms with Gasteiger partial charge >= 0.3 is 5.97 Å². The lowest BCUT2D eigenvalue weighted by molar-refractivity contribution is -0.138. The van der Waals surface area contributed by atoms with Crippen LogP contribution in [0.1, 0.15) is 6.42 Å². The SMILES string of the molecule is NC(CC(=O)O)C(=O)Nc1ccncc1. The first-order valence-electron chi connectivity index (χ1n) is 4.28. The molecule has 15 heavy (non-hydrogen) atoms. The highest BCUT2D eigenvalue weighted by molar-refractivity contribution is 5.96. The molecule has 1 heterocycles. The van der Waals surface area contributed by atoms with Gasteiger partial charge in [-0.15, -0.1) is 0 Å². The molecular formula is C9H11N3O3. The predicted octanol–water partition coefficient (Wildman–Crippen LogP) is -0.178. The number of anilines is 1. The highest BCUT2D eigenvalue weighted by Gasteiger charge is 2.16. The Balaban J connectivity index is 2.52. The smallest absolute Gasteiger partial charge is 0.305 e. The van der Waals surface area contributed by atoms with Crippen molar-refractivity contribution < 1.29 is 14.7 Å². The fourth-order valence-electron chi connectivity index (χ4n) is 0.951. The number of nitrogens with one attached hydrogen (secondary N) is 1. The molecule has 0 aliphatic heterocycles. The van der Waals surface area contributed by atoms with E-state index in [0.29, 0.717) is 5.69 Å². The molecule has 0 aliphatic carbocycles. The van der Waals surface area contributed by atoms with Crippen LogP contribution in [0.25, 0.3) is 0 Å². The van der Waals surface area contributed by atoms with Gasteiger partial charge in [-0.05, 0) is 12.1 Å². The lowest BCUT2D eigenvalue weighted by atomic mass is 10.2. The van der Waals surface area contributed by atoms with Crippen LogP contribution in [0.5, 0.6) is 0 Å². The van der Waals surface area contributed by atoms with Crippen molar-refractivity contribution in [2.24, 2.45) is 5.73 Å². The minimum atomic E-state index is -1.10. The Kier molecular flexibility index (Phi) is 3.75. The Labute approximate surface area is 86.1 Å². The van der Waals surface area contributed by atoms with Gasteiger partial charge < -0.3 is 16.2 Å². The van der Waals surface area contributed by atoms with E-state index in [0.717, 1.165) is 0 Å². The number of carbonyl (C=O) groups excluding carboxylic acids is 1. The summed E-state index contributed by atoms with van der Waals surface area (Å²) in [6.45, 7) is 0. The van der Waals surface area contributed by atoms with Crippen molar-refractivity contribution in [1.82, 2.24) is 4.98 Å². The van der Waals surface area contributed by atoms with Crippen LogP contribution >= 0.6 is 0 Å². The van der Waals surface area contributed by atoms with Crippen LogP contribution in [-0.4, -0.2) is 28.0 Å². The van der Waals surface area contributed by atoms with Gasteiger partial charge in [0, 0.05) is 18.1 Å². The van der Waals surface area contributed by atoms with Crippen LogP contribution in [0.15, 0.2) is 24.5 Å². The van der Waals surface area contributed by atoms with Gasteiger partial charge in [-0.25, -0.2) is 0 Å². The maximum atomic E-state index is 11.3. The first-order chi connectivity index (χ1) is 7.09. The van der Waals surface area contributed by atoms with Crippen molar-refractivity contribution in [3.05, 3.63) is 24.5 Å². The lowest BCUT2D eigenvalue weighted by Gasteiger charge is -2.09. The van der Waals surface area contributed by atoms with E-state index in [2.05, 4.69) is 10.3 Å². The number of hydrogen-bond acceptors (Lipinski definition) is 4. The van der Waals surface area contributed by atoms with Gasteiger partial charge in [0.2, 0.25) is 5.91 Å². The molecule has 1 unspecified atom stereocenters. The zero-order valence-corrected chi connectivity index (χ0v) is 7.88. The second kappa shape index (κ2) is 5.06. The molecule has 1 aromatic heterocycles. The Hall–Kier alpha value is -1.95. The van der Waals surface area contributed by atoms with Crippen LogP contribution in [0.3, 0.4) is 0 Å². The molecule has 0 saturated carbocycles. The zero-order chi connectivity index (χ0) is 11.3. The normalized spacial score (nSPS) is 11.8. The average Bonchev–Trinajstić information content (AvgIpc) is 2.18. The highest BCUT2D eigenvalue weighted by Crippen LogP contribution is 2.04. The predicted molar refractivity (Wildman–Crippen MR) is 53.1 cm³/mol. The molecule has 1 aromatic rings. The number of carboxylic acid groups (broad SMARTS) is 1. The molecule has 0 spiro atoms. The third-order valence-corrected chi connectivity index (χ3v) is 1.68. The Morgan fingerprint density at radius 1 is 1.47 bits per heavy atom. The monoisotopic (exact) mass is 209 g/mol. The van der Waals surface area contributed by atoms with E-state index >= 15 is 0 Å². The number of amides is 1. The van der Waals surface area contributed by atoms with Crippen LogP contribution in [0, 0.1) is 0 Å². The largest absolute Gasteiger partial charge is 0.481 e. The van der Waals surface area contributed by atoms with Gasteiger partial charge in [-0.3, -0.25) is 14.6 Å². The summed E-state index contributed by atoms with van der Waals surface area (Å²) in [6.07, 6.45) is 2.63. The van der Waals surface area contributed by atoms with E-state index in [9.17, 15) is 9.59 Å². The Morgan fingerprint density at radius 2 is 2.07 bits per heavy atom. The van der Waals surface area contributed by atoms with Crippen molar-refractivity contribution in [2.45, 2.75) is 12.5 Å². The topological polar surface area (TPSA) is 105 Å². The maximum Gasteiger partial charge on any atom is 0.305 e. The lowest BCUT2D eigenvalue weighted by Crippen LogP contribution is -2.37. The summed E-state index contributed by atoms with van der Waals surface area (Å²) in [5.74, 6) is -1.63. The van der Waals surface area contributed by atoms with E-state index in [1.165, 1.54) is 12.4 Å². The first-order valence-corrected chi connectivity index (χ1v) is 4.28. The Morgan fingerprint density at radius 3 is 2.60 bits per heavy atom. The van der Waals surface area contributed by atoms with Gasteiger partial charge in [0.1, 0.15) is 0 Å². The van der Waals surface area contributed by atoms with E-state index in [1.807, 2.05) is 0 Å². The Bertz CT molecular complexity index is 353. The summed E-state index contributed by atoms with van der Waals surface area (Å²) >= 11 is 0. The van der Waals surface area contributed by atoms with Crippen LogP contribution in [0.4, 0.5) is 5.69 Å². The van der Waals surface area contributed by atoms with Gasteiger partial charge in [0.05, 0.1) is 12.5 Å². The summed E-state index contributed by atoms with van der Waals surface area (Å²) in [4.78, 5) is 25.4. The van der Waals surface area contributed by atoms with Crippen LogP contribution < -0.4 is 11.1 Å². The van der Waals surface area contributed by atoms with E-state index in [4.69, 9.17) is 10.8 Å². The molecule has 0 aliphatic rings. The summed E-state index contributed by atoms with van der Waals surface area (Å²) in [6, 6.07) is 2.13. The van der Waals surface area contributed by atoms with E-state index in [1.54, 1.807) is 12.1 Å². The fourth-order valence-corrected chi connectivity index (χ4v) is 0.951. The molecular weight excluding hydrogens is 198 g/mol. The molecule has 1 amide bonds. The summed E-state index contributed by atoms with van der Waals surface area (Å²) < 4.78 is 0. The van der Waals surface area contributed by atoms with E-state index in [-0.39, 0.29) is 0 Å². The second-order valence-electron chi connectivity index (χ2n) is 2.93. The minimum absolute atomic E-state index is 0.392. The number of nitrogens with zero attached hydrogens (tertiary/aromatic N) is 1. The van der Waals surface area contributed by atoms with Crippen molar-refractivity contribution >= 4 is 17.6 Å². The molecule has 0 bridgehead atoms. The van der Waals surface area contributed by atoms with Crippen molar-refractivity contribution in [2.75, 3.05) is 5.32 Å². The molecule has 1 rings (SSSR count). The van der Waals surface area contributed by atoms with Crippen LogP contribution in [0.2, 0.25) is 0 Å². The molecule has 0 saturated heterocycles. The highest BCUT2D eigenvalue weighted by atomic mass is 16.4. The molecule has 6 nitrogen and oxygen atoms in total. The number of carbonyl (C=O) groups is 2. The van der Waals surface area contributed by atoms with Crippen molar-refractivity contribution in [1.29, 1.82) is 0 Å². The second-order valence-corrected chi connectivity index (χ2v) is 2.93. The molecule has 0 aromatic carbocycles. The standard InChI is InChI=1S/C9H11N3O3/c10-7(5-8(13)14)9(15)12-6-1-3-11-4-2-6/h1-4,7H,5,10H2,(H,13,14)(H,11,12,15). The third-order valence-electron chi connectivity index (χ3n) is 1.68. The van der Waals surface area contributed by atoms with Crippen LogP contribution in [-0.2, 0) is 9.59 Å². The van der Waals surface area contributed by atoms with Gasteiger partial charge in [-0.1, -0.05) is 0 Å². The number of hydrogen-bond donors (Lipinski definition) is 3.